The predicted octanol–water partition coefficient (Wildman–Crippen LogP) is 3.12. The third-order valence-corrected chi connectivity index (χ3v) is 3.42. The van der Waals surface area contributed by atoms with Gasteiger partial charge in [0.1, 0.15) is 5.69 Å². The maximum Gasteiger partial charge on any atom is 0.328 e. The van der Waals surface area contributed by atoms with Gasteiger partial charge in [0.15, 0.2) is 0 Å². The first-order chi connectivity index (χ1) is 12.1. The summed E-state index contributed by atoms with van der Waals surface area (Å²) in [7, 11) is 0. The van der Waals surface area contributed by atoms with Gasteiger partial charge in [0.05, 0.1) is 17.6 Å². The molecule has 0 spiro atoms. The standard InChI is InChI=1S/C19H15N3O3/c23-17(11-12-18(24)25)20-16-13-22(15-9-5-2-6-10-15)21-19(16)14-7-3-1-4-8-14/h1-13H,(H,20,23)(H,24,25)/b12-11+. The summed E-state index contributed by atoms with van der Waals surface area (Å²) in [6.45, 7) is 0. The first-order valence-corrected chi connectivity index (χ1v) is 7.56. The number of hydrogen-bond acceptors (Lipinski definition) is 3. The number of carboxylic acids is 1. The summed E-state index contributed by atoms with van der Waals surface area (Å²) in [5.41, 5.74) is 2.78. The van der Waals surface area contributed by atoms with Crippen LogP contribution < -0.4 is 5.32 Å². The van der Waals surface area contributed by atoms with Crippen LogP contribution in [0.15, 0.2) is 79.0 Å². The van der Waals surface area contributed by atoms with Gasteiger partial charge in [-0.2, -0.15) is 5.10 Å². The summed E-state index contributed by atoms with van der Waals surface area (Å²) in [5.74, 6) is -1.72. The SMILES string of the molecule is O=C(O)/C=C/C(=O)Nc1cn(-c2ccccc2)nc1-c1ccccc1. The quantitative estimate of drug-likeness (QED) is 0.703. The lowest BCUT2D eigenvalue weighted by atomic mass is 10.1. The number of carbonyl (C=O) groups excluding carboxylic acids is 1. The molecule has 1 aromatic heterocycles. The van der Waals surface area contributed by atoms with Crippen molar-refractivity contribution in [1.82, 2.24) is 9.78 Å². The van der Waals surface area contributed by atoms with E-state index in [4.69, 9.17) is 5.11 Å². The number of amides is 1. The minimum Gasteiger partial charge on any atom is -0.478 e. The van der Waals surface area contributed by atoms with Gasteiger partial charge in [0.25, 0.3) is 0 Å². The van der Waals surface area contributed by atoms with Gasteiger partial charge in [-0.05, 0) is 12.1 Å². The molecular weight excluding hydrogens is 318 g/mol. The van der Waals surface area contributed by atoms with E-state index in [0.29, 0.717) is 11.4 Å². The Morgan fingerprint density at radius 2 is 1.60 bits per heavy atom. The Hall–Kier alpha value is -3.67. The zero-order valence-electron chi connectivity index (χ0n) is 13.2. The molecule has 0 aliphatic heterocycles. The Kier molecular flexibility index (Phi) is 4.71. The summed E-state index contributed by atoms with van der Waals surface area (Å²) >= 11 is 0. The Balaban J connectivity index is 1.99. The van der Waals surface area contributed by atoms with Crippen molar-refractivity contribution >= 4 is 17.6 Å². The summed E-state index contributed by atoms with van der Waals surface area (Å²) in [6.07, 6.45) is 3.46. The maximum atomic E-state index is 11.9. The van der Waals surface area contributed by atoms with Gasteiger partial charge >= 0.3 is 5.97 Å². The van der Waals surface area contributed by atoms with E-state index in [2.05, 4.69) is 10.4 Å². The molecule has 1 amide bonds. The zero-order chi connectivity index (χ0) is 17.6. The molecule has 0 fully saturated rings. The highest BCUT2D eigenvalue weighted by molar-refractivity contribution is 6.04. The number of carbonyl (C=O) groups is 2. The molecule has 2 aromatic carbocycles. The molecule has 0 bridgehead atoms. The van der Waals surface area contributed by atoms with Crippen LogP contribution in [0.25, 0.3) is 16.9 Å². The van der Waals surface area contributed by atoms with Crippen molar-refractivity contribution in [3.05, 3.63) is 79.0 Å². The van der Waals surface area contributed by atoms with Crippen LogP contribution in [-0.2, 0) is 9.59 Å². The van der Waals surface area contributed by atoms with E-state index in [-0.39, 0.29) is 0 Å². The average Bonchev–Trinajstić information content (AvgIpc) is 3.05. The number of anilines is 1. The molecule has 0 saturated heterocycles. The topological polar surface area (TPSA) is 84.2 Å². The molecule has 0 aliphatic rings. The lowest BCUT2D eigenvalue weighted by molar-refractivity contribution is -0.131. The highest BCUT2D eigenvalue weighted by Gasteiger charge is 2.13. The fourth-order valence-electron chi connectivity index (χ4n) is 2.31. The lowest BCUT2D eigenvalue weighted by Gasteiger charge is -2.02. The van der Waals surface area contributed by atoms with Gasteiger partial charge < -0.3 is 10.4 Å². The molecule has 0 unspecified atom stereocenters. The number of carboxylic acid groups (broad SMARTS) is 1. The third-order valence-electron chi connectivity index (χ3n) is 3.42. The monoisotopic (exact) mass is 333 g/mol. The predicted molar refractivity (Wildman–Crippen MR) is 94.4 cm³/mol. The molecule has 0 atom stereocenters. The molecule has 0 radical (unpaired) electrons. The summed E-state index contributed by atoms with van der Waals surface area (Å²) in [6, 6.07) is 18.9. The van der Waals surface area contributed by atoms with Crippen LogP contribution in [0.2, 0.25) is 0 Å². The smallest absolute Gasteiger partial charge is 0.328 e. The third kappa shape index (κ3) is 4.00. The molecule has 1 heterocycles. The van der Waals surface area contributed by atoms with Crippen LogP contribution in [0.5, 0.6) is 0 Å². The fourth-order valence-corrected chi connectivity index (χ4v) is 2.31. The van der Waals surface area contributed by atoms with Gasteiger partial charge in [-0.25, -0.2) is 9.48 Å². The molecule has 6 heteroatoms. The van der Waals surface area contributed by atoms with Crippen molar-refractivity contribution in [2.45, 2.75) is 0 Å². The number of aromatic nitrogens is 2. The van der Waals surface area contributed by atoms with Crippen molar-refractivity contribution < 1.29 is 14.7 Å². The highest BCUT2D eigenvalue weighted by atomic mass is 16.4. The van der Waals surface area contributed by atoms with E-state index < -0.39 is 11.9 Å². The molecule has 0 aliphatic carbocycles. The first kappa shape index (κ1) is 16.2. The van der Waals surface area contributed by atoms with Gasteiger partial charge in [-0.15, -0.1) is 0 Å². The number of benzene rings is 2. The van der Waals surface area contributed by atoms with Gasteiger partial charge in [-0.3, -0.25) is 4.79 Å². The van der Waals surface area contributed by atoms with E-state index in [1.807, 2.05) is 60.7 Å². The Bertz CT molecular complexity index is 916. The molecule has 2 N–H and O–H groups in total. The van der Waals surface area contributed by atoms with Crippen molar-refractivity contribution in [3.8, 4) is 16.9 Å². The van der Waals surface area contributed by atoms with Crippen molar-refractivity contribution in [2.75, 3.05) is 5.32 Å². The minimum atomic E-state index is -1.18. The first-order valence-electron chi connectivity index (χ1n) is 7.56. The van der Waals surface area contributed by atoms with Gasteiger partial charge in [0, 0.05) is 17.7 Å². The summed E-state index contributed by atoms with van der Waals surface area (Å²) in [5, 5.41) is 15.9. The van der Waals surface area contributed by atoms with Crippen molar-refractivity contribution in [1.29, 1.82) is 0 Å². The zero-order valence-corrected chi connectivity index (χ0v) is 13.2. The molecule has 25 heavy (non-hydrogen) atoms. The van der Waals surface area contributed by atoms with Crippen LogP contribution in [0.1, 0.15) is 0 Å². The van der Waals surface area contributed by atoms with E-state index >= 15 is 0 Å². The number of nitrogens with zero attached hydrogens (tertiary/aromatic N) is 2. The van der Waals surface area contributed by atoms with Crippen LogP contribution >= 0.6 is 0 Å². The summed E-state index contributed by atoms with van der Waals surface area (Å²) < 4.78 is 1.67. The van der Waals surface area contributed by atoms with Crippen molar-refractivity contribution in [2.24, 2.45) is 0 Å². The largest absolute Gasteiger partial charge is 0.478 e. The minimum absolute atomic E-state index is 0.495. The van der Waals surface area contributed by atoms with Crippen LogP contribution in [0, 0.1) is 0 Å². The Labute approximate surface area is 144 Å². The number of rotatable bonds is 5. The molecule has 6 nitrogen and oxygen atoms in total. The lowest BCUT2D eigenvalue weighted by Crippen LogP contribution is -2.08. The maximum absolute atomic E-state index is 11.9. The van der Waals surface area contributed by atoms with E-state index in [9.17, 15) is 9.59 Å². The number of hydrogen-bond donors (Lipinski definition) is 2. The molecular formula is C19H15N3O3. The number of nitrogens with one attached hydrogen (secondary N) is 1. The van der Waals surface area contributed by atoms with Gasteiger partial charge in [0.2, 0.25) is 5.91 Å². The van der Waals surface area contributed by atoms with E-state index in [1.165, 1.54) is 0 Å². The van der Waals surface area contributed by atoms with Crippen LogP contribution in [0.4, 0.5) is 5.69 Å². The van der Waals surface area contributed by atoms with Gasteiger partial charge in [-0.1, -0.05) is 48.5 Å². The second-order valence-electron chi connectivity index (χ2n) is 5.20. The van der Waals surface area contributed by atoms with E-state index in [1.54, 1.807) is 10.9 Å². The fraction of sp³-hybridized carbons (Fsp3) is 0. The molecule has 0 saturated carbocycles. The second-order valence-corrected chi connectivity index (χ2v) is 5.20. The number of aliphatic carboxylic acids is 1. The van der Waals surface area contributed by atoms with Crippen molar-refractivity contribution in [3.63, 3.8) is 0 Å². The molecule has 124 valence electrons. The Morgan fingerprint density at radius 3 is 2.24 bits per heavy atom. The Morgan fingerprint density at radius 1 is 0.960 bits per heavy atom. The normalized spacial score (nSPS) is 10.7. The summed E-state index contributed by atoms with van der Waals surface area (Å²) in [4.78, 5) is 22.5. The van der Waals surface area contributed by atoms with E-state index in [0.717, 1.165) is 23.4 Å². The average molecular weight is 333 g/mol. The molecule has 3 aromatic rings. The molecule has 3 rings (SSSR count). The van der Waals surface area contributed by atoms with Crippen LogP contribution in [0.3, 0.4) is 0 Å². The second kappa shape index (κ2) is 7.27. The highest BCUT2D eigenvalue weighted by Crippen LogP contribution is 2.27. The number of para-hydroxylation sites is 1. The van der Waals surface area contributed by atoms with Crippen LogP contribution in [-0.4, -0.2) is 26.8 Å².